The smallest absolute Gasteiger partial charge is 0.163 e. The van der Waals surface area contributed by atoms with E-state index >= 15 is 0 Å². The summed E-state index contributed by atoms with van der Waals surface area (Å²) < 4.78 is 0. The fourth-order valence-corrected chi connectivity index (χ4v) is 5.34. The summed E-state index contributed by atoms with van der Waals surface area (Å²) in [7, 11) is 0. The van der Waals surface area contributed by atoms with Gasteiger partial charge in [-0.05, 0) is 54.7 Å². The number of phenolic OH excluding ortho intramolecular Hbond substituents is 1. The van der Waals surface area contributed by atoms with Crippen LogP contribution in [-0.2, 0) is 0 Å². The summed E-state index contributed by atoms with van der Waals surface area (Å²) in [6.45, 7) is 4.44. The van der Waals surface area contributed by atoms with Gasteiger partial charge in [0.25, 0.3) is 0 Å². The predicted octanol–water partition coefficient (Wildman–Crippen LogP) is 4.84. The number of phenols is 1. The summed E-state index contributed by atoms with van der Waals surface area (Å²) in [5.74, 6) is 8.40. The molecule has 3 aliphatic carbocycles. The molecule has 124 valence electrons. The number of ketones is 1. The fraction of sp³-hybridized carbons (Fsp3) is 0.500. The number of carbonyl (C=O) groups excluding carboxylic acids is 1. The number of rotatable bonds is 0. The van der Waals surface area contributed by atoms with Crippen molar-refractivity contribution in [2.24, 2.45) is 17.3 Å². The fourth-order valence-electron chi connectivity index (χ4n) is 5.34. The quantitative estimate of drug-likeness (QED) is 0.695. The summed E-state index contributed by atoms with van der Waals surface area (Å²) >= 11 is 0. The van der Waals surface area contributed by atoms with Crippen molar-refractivity contribution in [2.75, 3.05) is 0 Å². The SMILES string of the molecule is CCC#CC1=CCC2C3CC(=O)c4cc(O)ccc4C3CCC12C. The number of hydrogen-bond donors (Lipinski definition) is 1. The Bertz CT molecular complexity index is 792. The molecule has 0 heterocycles. The van der Waals surface area contributed by atoms with Gasteiger partial charge in [0, 0.05) is 29.4 Å². The predicted molar refractivity (Wildman–Crippen MR) is 94.9 cm³/mol. The van der Waals surface area contributed by atoms with E-state index in [1.54, 1.807) is 12.1 Å². The van der Waals surface area contributed by atoms with Crippen molar-refractivity contribution < 1.29 is 9.90 Å². The van der Waals surface area contributed by atoms with E-state index in [2.05, 4.69) is 31.8 Å². The maximum atomic E-state index is 12.7. The lowest BCUT2D eigenvalue weighted by atomic mass is 9.54. The van der Waals surface area contributed by atoms with Crippen molar-refractivity contribution in [1.29, 1.82) is 0 Å². The molecule has 2 nitrogen and oxygen atoms in total. The van der Waals surface area contributed by atoms with Crippen molar-refractivity contribution in [3.63, 3.8) is 0 Å². The standard InChI is InChI=1S/C22H24O2/c1-3-4-5-14-6-9-20-18-13-21(24)19-12-15(23)7-8-16(19)17(18)10-11-22(14,20)2/h6-8,12,17-18,20,23H,3,9-11,13H2,1-2H3. The van der Waals surface area contributed by atoms with E-state index in [-0.39, 0.29) is 16.9 Å². The molecule has 1 saturated carbocycles. The molecule has 0 saturated heterocycles. The lowest BCUT2D eigenvalue weighted by Gasteiger charge is -2.49. The molecule has 24 heavy (non-hydrogen) atoms. The summed E-state index contributed by atoms with van der Waals surface area (Å²) in [4.78, 5) is 12.7. The van der Waals surface area contributed by atoms with Crippen LogP contribution < -0.4 is 0 Å². The Balaban J connectivity index is 1.70. The van der Waals surface area contributed by atoms with Crippen molar-refractivity contribution >= 4 is 5.78 Å². The molecule has 0 amide bonds. The number of aromatic hydroxyl groups is 1. The van der Waals surface area contributed by atoms with E-state index in [0.717, 1.165) is 36.8 Å². The highest BCUT2D eigenvalue weighted by Gasteiger charge is 2.52. The molecule has 1 N–H and O–H groups in total. The third-order valence-corrected chi connectivity index (χ3v) is 6.58. The molecule has 0 spiro atoms. The van der Waals surface area contributed by atoms with Gasteiger partial charge in [0.15, 0.2) is 5.78 Å². The van der Waals surface area contributed by atoms with Crippen LogP contribution in [0.5, 0.6) is 5.75 Å². The first kappa shape index (κ1) is 15.5. The van der Waals surface area contributed by atoms with Gasteiger partial charge >= 0.3 is 0 Å². The monoisotopic (exact) mass is 320 g/mol. The van der Waals surface area contributed by atoms with E-state index in [9.17, 15) is 9.90 Å². The van der Waals surface area contributed by atoms with E-state index in [4.69, 9.17) is 0 Å². The normalized spacial score (nSPS) is 33.7. The highest BCUT2D eigenvalue weighted by Crippen LogP contribution is 2.60. The lowest BCUT2D eigenvalue weighted by molar-refractivity contribution is 0.0636. The zero-order valence-corrected chi connectivity index (χ0v) is 14.4. The largest absolute Gasteiger partial charge is 0.508 e. The summed E-state index contributed by atoms with van der Waals surface area (Å²) in [5.41, 5.74) is 3.34. The molecule has 4 rings (SSSR count). The van der Waals surface area contributed by atoms with Gasteiger partial charge in [-0.25, -0.2) is 0 Å². The molecule has 1 aromatic rings. The van der Waals surface area contributed by atoms with Gasteiger partial charge in [-0.1, -0.05) is 37.8 Å². The molecular weight excluding hydrogens is 296 g/mol. The molecule has 0 bridgehead atoms. The van der Waals surface area contributed by atoms with Crippen LogP contribution in [-0.4, -0.2) is 10.9 Å². The maximum Gasteiger partial charge on any atom is 0.163 e. The lowest BCUT2D eigenvalue weighted by Crippen LogP contribution is -2.42. The number of carbonyl (C=O) groups is 1. The molecule has 0 radical (unpaired) electrons. The Morgan fingerprint density at radius 2 is 2.21 bits per heavy atom. The zero-order valence-electron chi connectivity index (χ0n) is 14.4. The van der Waals surface area contributed by atoms with Gasteiger partial charge in [-0.2, -0.15) is 0 Å². The van der Waals surface area contributed by atoms with Gasteiger partial charge in [0.1, 0.15) is 5.75 Å². The Morgan fingerprint density at radius 1 is 1.38 bits per heavy atom. The topological polar surface area (TPSA) is 37.3 Å². The van der Waals surface area contributed by atoms with Crippen LogP contribution >= 0.6 is 0 Å². The number of Topliss-reactive ketones (excluding diaryl/α,β-unsaturated/α-hetero) is 1. The van der Waals surface area contributed by atoms with Crippen LogP contribution in [0.3, 0.4) is 0 Å². The van der Waals surface area contributed by atoms with E-state index in [1.807, 2.05) is 6.07 Å². The van der Waals surface area contributed by atoms with Crippen molar-refractivity contribution in [3.8, 4) is 17.6 Å². The van der Waals surface area contributed by atoms with Gasteiger partial charge < -0.3 is 5.11 Å². The highest BCUT2D eigenvalue weighted by molar-refractivity contribution is 5.99. The molecule has 1 aromatic carbocycles. The Labute approximate surface area is 144 Å². The number of fused-ring (bicyclic) bond motifs is 5. The molecule has 2 heteroatoms. The Hall–Kier alpha value is -2.01. The first-order valence-corrected chi connectivity index (χ1v) is 9.10. The summed E-state index contributed by atoms with van der Waals surface area (Å²) in [5, 5.41) is 9.73. The molecule has 0 aromatic heterocycles. The first-order valence-electron chi connectivity index (χ1n) is 9.10. The summed E-state index contributed by atoms with van der Waals surface area (Å²) in [6, 6.07) is 5.36. The van der Waals surface area contributed by atoms with Crippen molar-refractivity contribution in [1.82, 2.24) is 0 Å². The minimum atomic E-state index is 0.137. The van der Waals surface area contributed by atoms with Gasteiger partial charge in [-0.15, -0.1) is 0 Å². The third kappa shape index (κ3) is 2.14. The summed E-state index contributed by atoms with van der Waals surface area (Å²) in [6.07, 6.45) is 7.12. The average Bonchev–Trinajstić information content (AvgIpc) is 2.90. The second-order valence-corrected chi connectivity index (χ2v) is 7.74. The second kappa shape index (κ2) is 5.52. The minimum absolute atomic E-state index is 0.137. The second-order valence-electron chi connectivity index (χ2n) is 7.74. The van der Waals surface area contributed by atoms with Crippen LogP contribution in [0.15, 0.2) is 29.8 Å². The van der Waals surface area contributed by atoms with Gasteiger partial charge in [0.05, 0.1) is 0 Å². The Morgan fingerprint density at radius 3 is 3.00 bits per heavy atom. The zero-order chi connectivity index (χ0) is 16.9. The van der Waals surface area contributed by atoms with E-state index in [0.29, 0.717) is 24.2 Å². The number of hydrogen-bond acceptors (Lipinski definition) is 2. The Kier molecular flexibility index (Phi) is 3.57. The number of allylic oxidation sites excluding steroid dienone is 2. The van der Waals surface area contributed by atoms with E-state index in [1.165, 1.54) is 5.57 Å². The molecule has 0 aliphatic heterocycles. The third-order valence-electron chi connectivity index (χ3n) is 6.58. The maximum absolute atomic E-state index is 12.7. The molecule has 4 atom stereocenters. The molecule has 4 unspecified atom stereocenters. The number of benzene rings is 1. The van der Waals surface area contributed by atoms with Crippen LogP contribution in [0.25, 0.3) is 0 Å². The van der Waals surface area contributed by atoms with Gasteiger partial charge in [-0.3, -0.25) is 4.79 Å². The van der Waals surface area contributed by atoms with Crippen LogP contribution in [0.4, 0.5) is 0 Å². The molecule has 1 fully saturated rings. The van der Waals surface area contributed by atoms with Crippen molar-refractivity contribution in [2.45, 2.75) is 51.9 Å². The van der Waals surface area contributed by atoms with Crippen LogP contribution in [0, 0.1) is 29.1 Å². The first-order chi connectivity index (χ1) is 11.5. The van der Waals surface area contributed by atoms with Crippen molar-refractivity contribution in [3.05, 3.63) is 41.0 Å². The van der Waals surface area contributed by atoms with Gasteiger partial charge in [0.2, 0.25) is 0 Å². The minimum Gasteiger partial charge on any atom is -0.508 e. The van der Waals surface area contributed by atoms with E-state index < -0.39 is 0 Å². The molecular formula is C22H24O2. The van der Waals surface area contributed by atoms with Crippen LogP contribution in [0.1, 0.15) is 67.8 Å². The average molecular weight is 320 g/mol. The van der Waals surface area contributed by atoms with Crippen LogP contribution in [0.2, 0.25) is 0 Å². The molecule has 3 aliphatic rings. The highest BCUT2D eigenvalue weighted by atomic mass is 16.3.